The SMILES string of the molecule is CC(C)Cc1ccc(C#CCCCC#N)cc1C1(C)N=C(N)N(C)C1=O. The number of carbonyl (C=O) groups is 1. The standard InChI is InChI=1S/C21H26N4O/c1-15(2)13-17-11-10-16(9-7-5-6-8-12-22)14-18(17)21(3)19(26)25(4)20(23)24-21/h10-11,14-15H,5-6,8,13H2,1-4H3,(H2,23,24). The monoisotopic (exact) mass is 350 g/mol. The van der Waals surface area contributed by atoms with Gasteiger partial charge in [0.15, 0.2) is 11.5 Å². The number of likely N-dealkylation sites (N-methyl/N-ethyl adjacent to an activating group) is 1. The molecule has 1 unspecified atom stereocenters. The van der Waals surface area contributed by atoms with E-state index >= 15 is 0 Å². The van der Waals surface area contributed by atoms with Crippen molar-refractivity contribution in [3.8, 4) is 17.9 Å². The highest BCUT2D eigenvalue weighted by Gasteiger charge is 2.45. The summed E-state index contributed by atoms with van der Waals surface area (Å²) in [6.07, 6.45) is 2.82. The van der Waals surface area contributed by atoms with Crippen LogP contribution in [-0.2, 0) is 16.8 Å². The Labute approximate surface area is 155 Å². The van der Waals surface area contributed by atoms with Gasteiger partial charge < -0.3 is 5.73 Å². The summed E-state index contributed by atoms with van der Waals surface area (Å²) in [6, 6.07) is 8.10. The lowest BCUT2D eigenvalue weighted by atomic mass is 9.84. The topological polar surface area (TPSA) is 82.5 Å². The minimum absolute atomic E-state index is 0.126. The molecule has 26 heavy (non-hydrogen) atoms. The lowest BCUT2D eigenvalue weighted by Crippen LogP contribution is -2.39. The molecular weight excluding hydrogens is 324 g/mol. The third kappa shape index (κ3) is 4.06. The predicted molar refractivity (Wildman–Crippen MR) is 103 cm³/mol. The molecule has 0 saturated heterocycles. The van der Waals surface area contributed by atoms with Gasteiger partial charge >= 0.3 is 0 Å². The number of nitriles is 1. The fourth-order valence-electron chi connectivity index (χ4n) is 3.10. The second kappa shape index (κ2) is 8.06. The van der Waals surface area contributed by atoms with Gasteiger partial charge in [0.05, 0.1) is 6.07 Å². The zero-order valence-electron chi connectivity index (χ0n) is 16.0. The number of hydrogen-bond acceptors (Lipinski definition) is 4. The highest BCUT2D eigenvalue weighted by molar-refractivity contribution is 6.06. The number of guanidine groups is 1. The molecule has 0 bridgehead atoms. The molecule has 1 amide bonds. The molecule has 0 saturated carbocycles. The van der Waals surface area contributed by atoms with Crippen molar-refractivity contribution in [1.29, 1.82) is 5.26 Å². The molecule has 0 spiro atoms. The van der Waals surface area contributed by atoms with Crippen LogP contribution in [0.15, 0.2) is 23.2 Å². The van der Waals surface area contributed by atoms with Gasteiger partial charge in [-0.05, 0) is 48.9 Å². The molecule has 0 radical (unpaired) electrons. The van der Waals surface area contributed by atoms with Crippen LogP contribution in [0, 0.1) is 29.1 Å². The number of unbranched alkanes of at least 4 members (excludes halogenated alkanes) is 2. The van der Waals surface area contributed by atoms with Crippen LogP contribution in [0.5, 0.6) is 0 Å². The van der Waals surface area contributed by atoms with Crippen molar-refractivity contribution in [2.24, 2.45) is 16.6 Å². The Balaban J connectivity index is 2.43. The van der Waals surface area contributed by atoms with Gasteiger partial charge in [-0.2, -0.15) is 5.26 Å². The lowest BCUT2D eigenvalue weighted by Gasteiger charge is -2.24. The Morgan fingerprint density at radius 2 is 2.08 bits per heavy atom. The normalized spacial score (nSPS) is 19.2. The highest BCUT2D eigenvalue weighted by Crippen LogP contribution is 2.35. The molecule has 0 aliphatic carbocycles. The Hall–Kier alpha value is -2.79. The van der Waals surface area contributed by atoms with Gasteiger partial charge in [-0.1, -0.05) is 31.8 Å². The van der Waals surface area contributed by atoms with Gasteiger partial charge in [-0.25, -0.2) is 4.99 Å². The minimum atomic E-state index is -1.01. The largest absolute Gasteiger partial charge is 0.369 e. The number of amides is 1. The molecular formula is C21H26N4O. The Kier molecular flexibility index (Phi) is 6.05. The smallest absolute Gasteiger partial charge is 0.261 e. The van der Waals surface area contributed by atoms with Crippen molar-refractivity contribution in [2.75, 3.05) is 7.05 Å². The van der Waals surface area contributed by atoms with Crippen LogP contribution in [0.25, 0.3) is 0 Å². The molecule has 0 fully saturated rings. The van der Waals surface area contributed by atoms with E-state index in [1.54, 1.807) is 7.05 Å². The van der Waals surface area contributed by atoms with E-state index in [0.717, 1.165) is 29.5 Å². The van der Waals surface area contributed by atoms with Gasteiger partial charge in [0, 0.05) is 25.5 Å². The average Bonchev–Trinajstić information content (AvgIpc) is 2.79. The van der Waals surface area contributed by atoms with Crippen molar-refractivity contribution in [1.82, 2.24) is 4.90 Å². The summed E-state index contributed by atoms with van der Waals surface area (Å²) in [4.78, 5) is 18.7. The molecule has 2 rings (SSSR count). The maximum absolute atomic E-state index is 12.8. The van der Waals surface area contributed by atoms with Crippen LogP contribution in [-0.4, -0.2) is 23.8 Å². The fraction of sp³-hybridized carbons (Fsp3) is 0.476. The molecule has 1 atom stereocenters. The van der Waals surface area contributed by atoms with E-state index in [4.69, 9.17) is 11.0 Å². The van der Waals surface area contributed by atoms with E-state index in [2.05, 4.69) is 36.7 Å². The Bertz CT molecular complexity index is 823. The van der Waals surface area contributed by atoms with Crippen LogP contribution in [0.4, 0.5) is 0 Å². The van der Waals surface area contributed by atoms with Crippen LogP contribution >= 0.6 is 0 Å². The van der Waals surface area contributed by atoms with Gasteiger partial charge in [0.2, 0.25) is 0 Å². The number of nitrogens with zero attached hydrogens (tertiary/aromatic N) is 3. The predicted octanol–water partition coefficient (Wildman–Crippen LogP) is 2.93. The number of aliphatic imine (C=N–C) groups is 1. The third-order valence-electron chi connectivity index (χ3n) is 4.49. The van der Waals surface area contributed by atoms with E-state index in [1.165, 1.54) is 4.90 Å². The van der Waals surface area contributed by atoms with Gasteiger partial charge in [-0.15, -0.1) is 0 Å². The third-order valence-corrected chi connectivity index (χ3v) is 4.49. The number of benzene rings is 1. The van der Waals surface area contributed by atoms with E-state index in [1.807, 2.05) is 25.1 Å². The quantitative estimate of drug-likeness (QED) is 0.655. The zero-order valence-corrected chi connectivity index (χ0v) is 16.0. The summed E-state index contributed by atoms with van der Waals surface area (Å²) in [6.45, 7) is 6.11. The summed E-state index contributed by atoms with van der Waals surface area (Å²) in [5, 5.41) is 8.58. The van der Waals surface area contributed by atoms with Crippen LogP contribution in [0.1, 0.15) is 56.7 Å². The van der Waals surface area contributed by atoms with Gasteiger partial charge in [-0.3, -0.25) is 9.69 Å². The lowest BCUT2D eigenvalue weighted by molar-refractivity contribution is -0.130. The Morgan fingerprint density at radius 1 is 1.35 bits per heavy atom. The van der Waals surface area contributed by atoms with E-state index in [9.17, 15) is 4.79 Å². The van der Waals surface area contributed by atoms with Crippen molar-refractivity contribution in [2.45, 2.75) is 52.0 Å². The maximum Gasteiger partial charge on any atom is 0.261 e. The molecule has 136 valence electrons. The van der Waals surface area contributed by atoms with Crippen molar-refractivity contribution in [3.63, 3.8) is 0 Å². The van der Waals surface area contributed by atoms with E-state index in [-0.39, 0.29) is 11.9 Å². The first-order valence-electron chi connectivity index (χ1n) is 8.92. The second-order valence-electron chi connectivity index (χ2n) is 7.19. The van der Waals surface area contributed by atoms with Crippen LogP contribution < -0.4 is 5.73 Å². The number of nitrogens with two attached hydrogens (primary N) is 1. The highest BCUT2D eigenvalue weighted by atomic mass is 16.2. The van der Waals surface area contributed by atoms with E-state index in [0.29, 0.717) is 18.8 Å². The second-order valence-corrected chi connectivity index (χ2v) is 7.19. The first-order valence-corrected chi connectivity index (χ1v) is 8.92. The molecule has 1 aliphatic rings. The summed E-state index contributed by atoms with van der Waals surface area (Å²) < 4.78 is 0. The minimum Gasteiger partial charge on any atom is -0.369 e. The van der Waals surface area contributed by atoms with Crippen molar-refractivity contribution in [3.05, 3.63) is 34.9 Å². The van der Waals surface area contributed by atoms with Crippen molar-refractivity contribution >= 4 is 11.9 Å². The van der Waals surface area contributed by atoms with Crippen LogP contribution in [0.2, 0.25) is 0 Å². The summed E-state index contributed by atoms with van der Waals surface area (Å²) >= 11 is 0. The molecule has 2 N–H and O–H groups in total. The molecule has 5 heteroatoms. The molecule has 1 aromatic carbocycles. The summed E-state index contributed by atoms with van der Waals surface area (Å²) in [5.41, 5.74) is 7.70. The van der Waals surface area contributed by atoms with Gasteiger partial charge in [0.1, 0.15) is 0 Å². The molecule has 1 aromatic rings. The van der Waals surface area contributed by atoms with E-state index < -0.39 is 5.54 Å². The number of rotatable bonds is 5. The number of hydrogen-bond donors (Lipinski definition) is 1. The molecule has 5 nitrogen and oxygen atoms in total. The fourth-order valence-corrected chi connectivity index (χ4v) is 3.10. The summed E-state index contributed by atoms with van der Waals surface area (Å²) in [7, 11) is 1.65. The molecule has 0 aromatic heterocycles. The first kappa shape index (κ1) is 19.5. The van der Waals surface area contributed by atoms with Crippen LogP contribution in [0.3, 0.4) is 0 Å². The average molecular weight is 350 g/mol. The first-order chi connectivity index (χ1) is 12.3. The summed E-state index contributed by atoms with van der Waals surface area (Å²) in [5.74, 6) is 6.80. The Morgan fingerprint density at radius 3 is 2.65 bits per heavy atom. The maximum atomic E-state index is 12.8. The molecule has 1 aliphatic heterocycles. The number of carbonyl (C=O) groups excluding carboxylic acids is 1. The molecule has 1 heterocycles. The van der Waals surface area contributed by atoms with Crippen molar-refractivity contribution < 1.29 is 4.79 Å². The zero-order chi connectivity index (χ0) is 19.3. The van der Waals surface area contributed by atoms with Gasteiger partial charge in [0.25, 0.3) is 5.91 Å².